The molecule has 0 fully saturated rings. The van der Waals surface area contributed by atoms with Crippen LogP contribution in [0.3, 0.4) is 0 Å². The number of rotatable bonds is 5. The number of ether oxygens (including phenoxy) is 1. The van der Waals surface area contributed by atoms with Gasteiger partial charge in [0, 0.05) is 17.9 Å². The van der Waals surface area contributed by atoms with Crippen LogP contribution in [0.5, 0.6) is 0 Å². The number of halogens is 3. The topological polar surface area (TPSA) is 64.3 Å². The van der Waals surface area contributed by atoms with E-state index in [1.807, 2.05) is 0 Å². The monoisotopic (exact) mass is 276 g/mol. The van der Waals surface area contributed by atoms with Gasteiger partial charge in [-0.1, -0.05) is 0 Å². The third-order valence-corrected chi connectivity index (χ3v) is 2.30. The van der Waals surface area contributed by atoms with E-state index in [0.29, 0.717) is 0 Å². The highest BCUT2D eigenvalue weighted by Gasteiger charge is 2.33. The highest BCUT2D eigenvalue weighted by Crippen LogP contribution is 2.35. The zero-order chi connectivity index (χ0) is 14.5. The number of benzene rings is 1. The van der Waals surface area contributed by atoms with Crippen molar-refractivity contribution in [3.63, 3.8) is 0 Å². The van der Waals surface area contributed by atoms with Crippen molar-refractivity contribution < 1.29 is 22.7 Å². The molecule has 0 saturated carbocycles. The van der Waals surface area contributed by atoms with Crippen LogP contribution >= 0.6 is 0 Å². The summed E-state index contributed by atoms with van der Waals surface area (Å²) in [6.07, 6.45) is -4.50. The fraction of sp³-hybridized carbons (Fsp3) is 0.417. The number of alkyl halides is 3. The van der Waals surface area contributed by atoms with E-state index in [2.05, 4.69) is 10.1 Å². The Bertz CT molecular complexity index is 447. The van der Waals surface area contributed by atoms with Crippen molar-refractivity contribution in [1.29, 1.82) is 0 Å². The van der Waals surface area contributed by atoms with E-state index < -0.39 is 17.7 Å². The lowest BCUT2D eigenvalue weighted by Gasteiger charge is -2.15. The minimum Gasteiger partial charge on any atom is -0.466 e. The maximum absolute atomic E-state index is 12.7. The molecule has 0 radical (unpaired) electrons. The zero-order valence-corrected chi connectivity index (χ0v) is 10.4. The van der Waals surface area contributed by atoms with Gasteiger partial charge in [-0.25, -0.2) is 0 Å². The van der Waals surface area contributed by atoms with E-state index in [0.717, 1.165) is 6.07 Å². The number of nitrogens with two attached hydrogens (primary N) is 1. The minimum absolute atomic E-state index is 0.00445. The Morgan fingerprint density at radius 1 is 1.42 bits per heavy atom. The molecule has 0 spiro atoms. The molecule has 0 unspecified atom stereocenters. The minimum atomic E-state index is -4.50. The standard InChI is InChI=1S/C12H15F3N2O2/c1-2-19-11(18)5-6-17-10-4-3-8(16)7-9(10)12(13,14)15/h3-4,7,17H,2,5-6,16H2,1H3. The third-order valence-electron chi connectivity index (χ3n) is 2.30. The number of esters is 1. The van der Waals surface area contributed by atoms with Crippen molar-refractivity contribution in [2.45, 2.75) is 19.5 Å². The van der Waals surface area contributed by atoms with Crippen molar-refractivity contribution in [1.82, 2.24) is 0 Å². The van der Waals surface area contributed by atoms with E-state index in [-0.39, 0.29) is 30.9 Å². The molecule has 0 amide bonds. The fourth-order valence-electron chi connectivity index (χ4n) is 1.48. The molecule has 1 aromatic carbocycles. The lowest BCUT2D eigenvalue weighted by molar-refractivity contribution is -0.142. The Kier molecular flexibility index (Phi) is 5.02. The highest BCUT2D eigenvalue weighted by atomic mass is 19.4. The molecule has 0 bridgehead atoms. The zero-order valence-electron chi connectivity index (χ0n) is 10.4. The van der Waals surface area contributed by atoms with Crippen LogP contribution in [-0.4, -0.2) is 19.1 Å². The molecule has 1 rings (SSSR count). The SMILES string of the molecule is CCOC(=O)CCNc1ccc(N)cc1C(F)(F)F. The van der Waals surface area contributed by atoms with Crippen LogP contribution in [0.25, 0.3) is 0 Å². The predicted molar refractivity (Wildman–Crippen MR) is 65.6 cm³/mol. The van der Waals surface area contributed by atoms with Crippen LogP contribution in [0.4, 0.5) is 24.5 Å². The lowest BCUT2D eigenvalue weighted by atomic mass is 10.1. The van der Waals surface area contributed by atoms with E-state index in [1.165, 1.54) is 12.1 Å². The van der Waals surface area contributed by atoms with Gasteiger partial charge in [0.25, 0.3) is 0 Å². The van der Waals surface area contributed by atoms with Gasteiger partial charge in [-0.2, -0.15) is 13.2 Å². The van der Waals surface area contributed by atoms with E-state index in [9.17, 15) is 18.0 Å². The molecule has 0 aliphatic rings. The summed E-state index contributed by atoms with van der Waals surface area (Å²) in [5.41, 5.74) is 4.41. The second-order valence-electron chi connectivity index (χ2n) is 3.78. The molecule has 19 heavy (non-hydrogen) atoms. The van der Waals surface area contributed by atoms with Gasteiger partial charge in [-0.3, -0.25) is 4.79 Å². The molecular formula is C12H15F3N2O2. The van der Waals surface area contributed by atoms with Crippen molar-refractivity contribution in [3.05, 3.63) is 23.8 Å². The van der Waals surface area contributed by atoms with E-state index in [1.54, 1.807) is 6.92 Å². The number of carbonyl (C=O) groups excluding carboxylic acids is 1. The predicted octanol–water partition coefficient (Wildman–Crippen LogP) is 2.65. The molecule has 0 heterocycles. The van der Waals surface area contributed by atoms with Gasteiger partial charge in [-0.15, -0.1) is 0 Å². The maximum Gasteiger partial charge on any atom is 0.418 e. The summed E-state index contributed by atoms with van der Waals surface area (Å²) >= 11 is 0. The molecule has 4 nitrogen and oxygen atoms in total. The van der Waals surface area contributed by atoms with Crippen LogP contribution in [0, 0.1) is 0 Å². The second kappa shape index (κ2) is 6.31. The smallest absolute Gasteiger partial charge is 0.418 e. The molecule has 0 saturated heterocycles. The van der Waals surface area contributed by atoms with Crippen LogP contribution < -0.4 is 11.1 Å². The van der Waals surface area contributed by atoms with E-state index in [4.69, 9.17) is 5.73 Å². The first-order valence-corrected chi connectivity index (χ1v) is 5.70. The molecule has 106 valence electrons. The summed E-state index contributed by atoms with van der Waals surface area (Å²) in [5, 5.41) is 2.56. The van der Waals surface area contributed by atoms with Crippen LogP contribution in [-0.2, 0) is 15.7 Å². The second-order valence-corrected chi connectivity index (χ2v) is 3.78. The summed E-state index contributed by atoms with van der Waals surface area (Å²) in [6.45, 7) is 1.97. The molecule has 0 aliphatic heterocycles. The van der Waals surface area contributed by atoms with Gasteiger partial charge in [-0.05, 0) is 25.1 Å². The average molecular weight is 276 g/mol. The van der Waals surface area contributed by atoms with Crippen molar-refractivity contribution >= 4 is 17.3 Å². The Morgan fingerprint density at radius 3 is 2.68 bits per heavy atom. The Morgan fingerprint density at radius 2 is 2.11 bits per heavy atom. The van der Waals surface area contributed by atoms with Gasteiger partial charge >= 0.3 is 12.1 Å². The Labute approximate surface area is 108 Å². The van der Waals surface area contributed by atoms with Crippen LogP contribution in [0.1, 0.15) is 18.9 Å². The van der Waals surface area contributed by atoms with Crippen LogP contribution in [0.2, 0.25) is 0 Å². The van der Waals surface area contributed by atoms with Gasteiger partial charge in [0.15, 0.2) is 0 Å². The first-order chi connectivity index (χ1) is 8.84. The maximum atomic E-state index is 12.7. The number of nitrogens with one attached hydrogen (secondary N) is 1. The number of hydrogen-bond donors (Lipinski definition) is 2. The van der Waals surface area contributed by atoms with Crippen LogP contribution in [0.15, 0.2) is 18.2 Å². The van der Waals surface area contributed by atoms with E-state index >= 15 is 0 Å². The largest absolute Gasteiger partial charge is 0.466 e. The Balaban J connectivity index is 2.71. The fourth-order valence-corrected chi connectivity index (χ4v) is 1.48. The van der Waals surface area contributed by atoms with Crippen molar-refractivity contribution in [3.8, 4) is 0 Å². The lowest BCUT2D eigenvalue weighted by Crippen LogP contribution is -2.15. The normalized spacial score (nSPS) is 11.2. The van der Waals surface area contributed by atoms with Gasteiger partial charge in [0.05, 0.1) is 18.6 Å². The molecular weight excluding hydrogens is 261 g/mol. The molecule has 3 N–H and O–H groups in total. The quantitative estimate of drug-likeness (QED) is 0.641. The number of carbonyl (C=O) groups is 1. The summed E-state index contributed by atoms with van der Waals surface area (Å²) in [5.74, 6) is -0.459. The number of hydrogen-bond acceptors (Lipinski definition) is 4. The molecule has 0 atom stereocenters. The van der Waals surface area contributed by atoms with Gasteiger partial charge in [0.1, 0.15) is 0 Å². The first kappa shape index (κ1) is 15.1. The Hall–Kier alpha value is -1.92. The number of nitrogen functional groups attached to an aromatic ring is 1. The summed E-state index contributed by atoms with van der Waals surface area (Å²) in [7, 11) is 0. The third kappa shape index (κ3) is 4.69. The average Bonchev–Trinajstić information content (AvgIpc) is 2.30. The summed E-state index contributed by atoms with van der Waals surface area (Å²) < 4.78 is 42.9. The molecule has 1 aromatic rings. The van der Waals surface area contributed by atoms with Crippen molar-refractivity contribution in [2.24, 2.45) is 0 Å². The van der Waals surface area contributed by atoms with Crippen molar-refractivity contribution in [2.75, 3.05) is 24.2 Å². The van der Waals surface area contributed by atoms with Gasteiger partial charge < -0.3 is 15.8 Å². The summed E-state index contributed by atoms with van der Waals surface area (Å²) in [6, 6.07) is 3.46. The molecule has 7 heteroatoms. The first-order valence-electron chi connectivity index (χ1n) is 5.70. The highest BCUT2D eigenvalue weighted by molar-refractivity contribution is 5.70. The van der Waals surface area contributed by atoms with Gasteiger partial charge in [0.2, 0.25) is 0 Å². The molecule has 0 aromatic heterocycles. The summed E-state index contributed by atoms with van der Waals surface area (Å²) in [4.78, 5) is 11.1. The number of anilines is 2. The molecule has 0 aliphatic carbocycles.